The lowest BCUT2D eigenvalue weighted by Crippen LogP contribution is -2.45. The van der Waals surface area contributed by atoms with Gasteiger partial charge in [0.1, 0.15) is 0 Å². The molecule has 7 nitrogen and oxygen atoms in total. The van der Waals surface area contributed by atoms with E-state index in [1.54, 1.807) is 29.3 Å². The summed E-state index contributed by atoms with van der Waals surface area (Å²) in [6, 6.07) is 7.02. The fourth-order valence-corrected chi connectivity index (χ4v) is 2.80. The molecule has 0 fully saturated rings. The molecule has 22 heavy (non-hydrogen) atoms. The molecule has 0 spiro atoms. The Morgan fingerprint density at radius 1 is 1.41 bits per heavy atom. The van der Waals surface area contributed by atoms with Crippen molar-refractivity contribution in [2.45, 2.75) is 24.9 Å². The second-order valence-corrected chi connectivity index (χ2v) is 5.62. The molecule has 2 atom stereocenters. The van der Waals surface area contributed by atoms with Gasteiger partial charge >= 0.3 is 0 Å². The van der Waals surface area contributed by atoms with Crippen LogP contribution in [0.5, 0.6) is 0 Å². The first-order chi connectivity index (χ1) is 10.6. The van der Waals surface area contributed by atoms with Gasteiger partial charge in [-0.3, -0.25) is 15.1 Å². The second-order valence-electron chi connectivity index (χ2n) is 5.62. The van der Waals surface area contributed by atoms with E-state index < -0.39 is 0 Å². The van der Waals surface area contributed by atoms with E-state index >= 15 is 0 Å². The van der Waals surface area contributed by atoms with Crippen LogP contribution in [0.25, 0.3) is 0 Å². The van der Waals surface area contributed by atoms with E-state index in [1.165, 1.54) is 0 Å². The first-order valence-electron chi connectivity index (χ1n) is 7.35. The predicted octanol–water partition coefficient (Wildman–Crippen LogP) is 1.01. The molecule has 2 aliphatic rings. The highest BCUT2D eigenvalue weighted by atomic mass is 16.6. The van der Waals surface area contributed by atoms with Crippen LogP contribution in [-0.2, 0) is 6.42 Å². The number of hydrazine groups is 1. The summed E-state index contributed by atoms with van der Waals surface area (Å²) in [5.41, 5.74) is 2.31. The average molecular weight is 301 g/mol. The van der Waals surface area contributed by atoms with Crippen molar-refractivity contribution in [3.05, 3.63) is 52.2 Å². The van der Waals surface area contributed by atoms with Gasteiger partial charge in [-0.25, -0.2) is 5.84 Å². The molecule has 1 aromatic rings. The number of rotatable bonds is 3. The summed E-state index contributed by atoms with van der Waals surface area (Å²) in [6.45, 7) is 1.55. The van der Waals surface area contributed by atoms with Crippen LogP contribution in [0, 0.1) is 10.1 Å². The van der Waals surface area contributed by atoms with Crippen LogP contribution >= 0.6 is 0 Å². The molecule has 0 amide bonds. The molecule has 7 heteroatoms. The fourth-order valence-electron chi connectivity index (χ4n) is 2.80. The molecule has 2 heterocycles. The minimum Gasteiger partial charge on any atom is -0.318 e. The van der Waals surface area contributed by atoms with Crippen molar-refractivity contribution in [3.8, 4) is 0 Å². The van der Waals surface area contributed by atoms with Gasteiger partial charge in [0.25, 0.3) is 5.69 Å². The van der Waals surface area contributed by atoms with Crippen LogP contribution in [0.1, 0.15) is 12.0 Å². The third-order valence-corrected chi connectivity index (χ3v) is 4.00. The fraction of sp³-hybridized carbons (Fsp3) is 0.400. The van der Waals surface area contributed by atoms with E-state index in [4.69, 9.17) is 10.8 Å². The molecule has 3 N–H and O–H groups in total. The predicted molar refractivity (Wildman–Crippen MR) is 84.5 cm³/mol. The zero-order valence-electron chi connectivity index (χ0n) is 12.2. The molecular weight excluding hydrogens is 282 g/mol. The Morgan fingerprint density at radius 3 is 2.91 bits per heavy atom. The van der Waals surface area contributed by atoms with Crippen molar-refractivity contribution in [2.24, 2.45) is 10.8 Å². The zero-order chi connectivity index (χ0) is 15.5. The highest BCUT2D eigenvalue weighted by Crippen LogP contribution is 2.17. The Hall–Kier alpha value is -2.25. The summed E-state index contributed by atoms with van der Waals surface area (Å²) in [5, 5.41) is 15.8. The van der Waals surface area contributed by atoms with E-state index in [0.717, 1.165) is 37.2 Å². The molecule has 0 saturated heterocycles. The van der Waals surface area contributed by atoms with Gasteiger partial charge in [0.15, 0.2) is 0 Å². The Labute approximate surface area is 128 Å². The summed E-state index contributed by atoms with van der Waals surface area (Å²) >= 11 is 0. The number of nitro groups is 1. The number of fused-ring (bicyclic) bond motifs is 1. The molecule has 2 unspecified atom stereocenters. The molecule has 116 valence electrons. The Kier molecular flexibility index (Phi) is 4.17. The van der Waals surface area contributed by atoms with Gasteiger partial charge in [0.05, 0.1) is 17.0 Å². The van der Waals surface area contributed by atoms with Crippen molar-refractivity contribution >= 4 is 11.4 Å². The maximum absolute atomic E-state index is 10.7. The molecule has 1 aromatic carbocycles. The topological polar surface area (TPSA) is 96.8 Å². The highest BCUT2D eigenvalue weighted by Gasteiger charge is 2.24. The normalized spacial score (nSPS) is 24.4. The number of nitrogens with two attached hydrogens (primary N) is 1. The lowest BCUT2D eigenvalue weighted by Gasteiger charge is -2.26. The van der Waals surface area contributed by atoms with Crippen molar-refractivity contribution in [2.75, 3.05) is 13.1 Å². The van der Waals surface area contributed by atoms with Gasteiger partial charge in [0.2, 0.25) is 0 Å². The average Bonchev–Trinajstić information content (AvgIpc) is 2.70. The van der Waals surface area contributed by atoms with Gasteiger partial charge in [-0.15, -0.1) is 0 Å². The van der Waals surface area contributed by atoms with Gasteiger partial charge in [0, 0.05) is 43.6 Å². The molecule has 0 radical (unpaired) electrons. The van der Waals surface area contributed by atoms with E-state index in [1.807, 2.05) is 12.3 Å². The summed E-state index contributed by atoms with van der Waals surface area (Å²) in [4.78, 5) is 15.1. The monoisotopic (exact) mass is 301 g/mol. The summed E-state index contributed by atoms with van der Waals surface area (Å²) in [7, 11) is 0. The number of aliphatic imine (C=N–C) groups is 1. The third-order valence-electron chi connectivity index (χ3n) is 4.00. The quantitative estimate of drug-likeness (QED) is 0.493. The van der Waals surface area contributed by atoms with Crippen LogP contribution in [0.15, 0.2) is 41.5 Å². The van der Waals surface area contributed by atoms with Crippen molar-refractivity contribution in [3.63, 3.8) is 0 Å². The molecular formula is C15H19N5O2. The Bertz CT molecular complexity index is 611. The van der Waals surface area contributed by atoms with Crippen LogP contribution in [0.3, 0.4) is 0 Å². The molecule has 0 aliphatic carbocycles. The van der Waals surface area contributed by atoms with E-state index in [-0.39, 0.29) is 22.7 Å². The van der Waals surface area contributed by atoms with E-state index in [9.17, 15) is 10.1 Å². The molecule has 2 aliphatic heterocycles. The third kappa shape index (κ3) is 3.32. The van der Waals surface area contributed by atoms with Gasteiger partial charge in [-0.05, 0) is 18.1 Å². The van der Waals surface area contributed by atoms with Gasteiger partial charge in [-0.2, -0.15) is 0 Å². The molecule has 3 rings (SSSR count). The Balaban J connectivity index is 1.69. The summed E-state index contributed by atoms with van der Waals surface area (Å²) in [6.07, 6.45) is 5.54. The van der Waals surface area contributed by atoms with Gasteiger partial charge < -0.3 is 10.3 Å². The number of nitrogens with zero attached hydrogens (tertiary/aromatic N) is 3. The minimum atomic E-state index is -0.382. The molecule has 0 aromatic heterocycles. The van der Waals surface area contributed by atoms with Crippen LogP contribution in [0.2, 0.25) is 0 Å². The standard InChI is InChI=1S/C15H19N5O2/c16-19-7-5-14-15(6-8-19)18-12(10-17-14)9-11-1-3-13(4-2-11)20(21)22/h1-5,7,12,14,17H,6,8-10,16H2. The minimum absolute atomic E-state index is 0.119. The number of nitro benzene ring substituents is 1. The SMILES string of the molecule is NN1C=CC2NCC(Cc3ccc([N+](=O)[O-])cc3)N=C2CC1. The lowest BCUT2D eigenvalue weighted by molar-refractivity contribution is -0.384. The van der Waals surface area contributed by atoms with Crippen LogP contribution < -0.4 is 11.2 Å². The number of benzene rings is 1. The molecule has 0 saturated carbocycles. The van der Waals surface area contributed by atoms with E-state index in [2.05, 4.69) is 5.32 Å². The van der Waals surface area contributed by atoms with E-state index in [0.29, 0.717) is 0 Å². The van der Waals surface area contributed by atoms with Crippen molar-refractivity contribution in [1.82, 2.24) is 10.3 Å². The number of hydrogen-bond donors (Lipinski definition) is 2. The maximum atomic E-state index is 10.7. The molecule has 0 bridgehead atoms. The van der Waals surface area contributed by atoms with Crippen molar-refractivity contribution < 1.29 is 4.92 Å². The first-order valence-corrected chi connectivity index (χ1v) is 7.35. The number of non-ortho nitro benzene ring substituents is 1. The largest absolute Gasteiger partial charge is 0.318 e. The summed E-state index contributed by atoms with van der Waals surface area (Å²) in [5.74, 6) is 5.79. The van der Waals surface area contributed by atoms with Crippen molar-refractivity contribution in [1.29, 1.82) is 0 Å². The number of nitrogens with one attached hydrogen (secondary N) is 1. The van der Waals surface area contributed by atoms with Gasteiger partial charge in [-0.1, -0.05) is 12.1 Å². The summed E-state index contributed by atoms with van der Waals surface area (Å²) < 4.78 is 0. The smallest absolute Gasteiger partial charge is 0.269 e. The maximum Gasteiger partial charge on any atom is 0.269 e. The van der Waals surface area contributed by atoms with Crippen LogP contribution in [0.4, 0.5) is 5.69 Å². The van der Waals surface area contributed by atoms with Crippen LogP contribution in [-0.4, -0.2) is 40.8 Å². The highest BCUT2D eigenvalue weighted by molar-refractivity contribution is 5.92. The Morgan fingerprint density at radius 2 is 2.18 bits per heavy atom. The lowest BCUT2D eigenvalue weighted by atomic mass is 10.0. The zero-order valence-corrected chi connectivity index (χ0v) is 12.2. The first kappa shape index (κ1) is 14.7. The second kappa shape index (κ2) is 6.25. The number of hydrogen-bond acceptors (Lipinski definition) is 6.